The van der Waals surface area contributed by atoms with Crippen molar-refractivity contribution >= 4 is 29.5 Å². The molecule has 1 saturated heterocycles. The Morgan fingerprint density at radius 3 is 2.42 bits per heavy atom. The van der Waals surface area contributed by atoms with Gasteiger partial charge in [0.2, 0.25) is 5.91 Å². The van der Waals surface area contributed by atoms with Crippen molar-refractivity contribution in [3.8, 4) is 0 Å². The summed E-state index contributed by atoms with van der Waals surface area (Å²) in [6.45, 7) is 1.54. The molecule has 2 aromatic rings. The van der Waals surface area contributed by atoms with Crippen molar-refractivity contribution in [2.75, 3.05) is 0 Å². The van der Waals surface area contributed by atoms with Crippen molar-refractivity contribution in [1.29, 1.82) is 0 Å². The van der Waals surface area contributed by atoms with E-state index in [1.54, 1.807) is 6.07 Å². The van der Waals surface area contributed by atoms with E-state index in [0.29, 0.717) is 5.56 Å². The standard InChI is InChI=1S/C22H18FN3O5/c1-22(9-8-17(27)25-21(22)31)26-19(29)15-7-2-12(10-16(15)20(26)30)11-24-18(28)13-3-5-14(23)6-4-13/h2-7,10H,8-9,11H2,1H3,(H,24,28)(H,25,27,31). The number of halogens is 1. The van der Waals surface area contributed by atoms with Crippen LogP contribution in [0.15, 0.2) is 42.5 Å². The third-order valence-corrected chi connectivity index (χ3v) is 5.58. The number of nitrogens with one attached hydrogen (secondary N) is 2. The van der Waals surface area contributed by atoms with Crippen molar-refractivity contribution in [2.45, 2.75) is 31.8 Å². The highest BCUT2D eigenvalue weighted by molar-refractivity contribution is 6.24. The molecule has 5 amide bonds. The molecule has 2 heterocycles. The summed E-state index contributed by atoms with van der Waals surface area (Å²) in [6.07, 6.45) is 0.0695. The van der Waals surface area contributed by atoms with E-state index in [0.717, 1.165) is 4.90 Å². The van der Waals surface area contributed by atoms with Crippen LogP contribution in [-0.2, 0) is 16.1 Å². The number of fused-ring (bicyclic) bond motifs is 1. The van der Waals surface area contributed by atoms with Gasteiger partial charge in [-0.2, -0.15) is 0 Å². The van der Waals surface area contributed by atoms with E-state index < -0.39 is 40.9 Å². The Morgan fingerprint density at radius 2 is 1.74 bits per heavy atom. The molecular formula is C22H18FN3O5. The van der Waals surface area contributed by atoms with E-state index in [-0.39, 0.29) is 36.1 Å². The van der Waals surface area contributed by atoms with Crippen LogP contribution < -0.4 is 10.6 Å². The Hall–Kier alpha value is -3.88. The fraction of sp³-hybridized carbons (Fsp3) is 0.227. The second-order valence-electron chi connectivity index (χ2n) is 7.67. The third kappa shape index (κ3) is 3.48. The Kier molecular flexibility index (Phi) is 4.88. The molecule has 0 spiro atoms. The van der Waals surface area contributed by atoms with Gasteiger partial charge in [-0.1, -0.05) is 6.07 Å². The van der Waals surface area contributed by atoms with Crippen molar-refractivity contribution in [3.63, 3.8) is 0 Å². The molecule has 2 aromatic carbocycles. The van der Waals surface area contributed by atoms with Gasteiger partial charge in [0.1, 0.15) is 11.4 Å². The summed E-state index contributed by atoms with van der Waals surface area (Å²) in [6, 6.07) is 9.64. The average molecular weight is 423 g/mol. The summed E-state index contributed by atoms with van der Waals surface area (Å²) in [5.41, 5.74) is -0.316. The molecule has 9 heteroatoms. The molecule has 0 aliphatic carbocycles. The molecule has 8 nitrogen and oxygen atoms in total. The van der Waals surface area contributed by atoms with Gasteiger partial charge in [0, 0.05) is 18.5 Å². The molecule has 158 valence electrons. The molecular weight excluding hydrogens is 405 g/mol. The zero-order chi connectivity index (χ0) is 22.3. The molecule has 4 rings (SSSR count). The van der Waals surface area contributed by atoms with Gasteiger partial charge in [-0.3, -0.25) is 34.2 Å². The van der Waals surface area contributed by atoms with E-state index in [9.17, 15) is 28.4 Å². The van der Waals surface area contributed by atoms with Gasteiger partial charge < -0.3 is 5.32 Å². The van der Waals surface area contributed by atoms with Crippen molar-refractivity contribution < 1.29 is 28.4 Å². The monoisotopic (exact) mass is 423 g/mol. The first-order valence-corrected chi connectivity index (χ1v) is 9.60. The minimum absolute atomic E-state index is 0.0241. The van der Waals surface area contributed by atoms with E-state index in [2.05, 4.69) is 10.6 Å². The molecule has 0 saturated carbocycles. The number of piperidine rings is 1. The van der Waals surface area contributed by atoms with Gasteiger partial charge >= 0.3 is 0 Å². The number of hydrogen-bond donors (Lipinski definition) is 2. The maximum Gasteiger partial charge on any atom is 0.262 e. The van der Waals surface area contributed by atoms with Gasteiger partial charge in [-0.25, -0.2) is 4.39 Å². The number of carbonyl (C=O) groups is 5. The normalized spacial score (nSPS) is 20.5. The zero-order valence-corrected chi connectivity index (χ0v) is 16.5. The maximum absolute atomic E-state index is 13.0. The Labute approximate surface area is 176 Å². The second-order valence-corrected chi connectivity index (χ2v) is 7.67. The lowest BCUT2D eigenvalue weighted by Gasteiger charge is -2.38. The molecule has 0 bridgehead atoms. The fourth-order valence-corrected chi connectivity index (χ4v) is 3.74. The first-order chi connectivity index (χ1) is 14.7. The van der Waals surface area contributed by atoms with Crippen molar-refractivity contribution in [2.24, 2.45) is 0 Å². The van der Waals surface area contributed by atoms with Crippen LogP contribution in [0.1, 0.15) is 56.4 Å². The van der Waals surface area contributed by atoms with Crippen LogP contribution >= 0.6 is 0 Å². The lowest BCUT2D eigenvalue weighted by Crippen LogP contribution is -2.62. The highest BCUT2D eigenvalue weighted by Gasteiger charge is 2.52. The van der Waals surface area contributed by atoms with Crippen LogP contribution in [0.4, 0.5) is 4.39 Å². The predicted octanol–water partition coefficient (Wildman–Crippen LogP) is 1.55. The number of rotatable bonds is 4. The topological polar surface area (TPSA) is 113 Å². The highest BCUT2D eigenvalue weighted by atomic mass is 19.1. The number of imide groups is 2. The molecule has 31 heavy (non-hydrogen) atoms. The van der Waals surface area contributed by atoms with E-state index in [1.165, 1.54) is 43.3 Å². The molecule has 2 aliphatic heterocycles. The molecule has 0 aromatic heterocycles. The van der Waals surface area contributed by atoms with Crippen LogP contribution in [0.3, 0.4) is 0 Å². The molecule has 0 radical (unpaired) electrons. The van der Waals surface area contributed by atoms with Gasteiger partial charge in [0.15, 0.2) is 0 Å². The quantitative estimate of drug-likeness (QED) is 0.725. The van der Waals surface area contributed by atoms with Crippen molar-refractivity contribution in [1.82, 2.24) is 15.5 Å². The van der Waals surface area contributed by atoms with Crippen LogP contribution in [0.5, 0.6) is 0 Å². The fourth-order valence-electron chi connectivity index (χ4n) is 3.74. The van der Waals surface area contributed by atoms with Crippen LogP contribution in [0.2, 0.25) is 0 Å². The number of benzene rings is 2. The van der Waals surface area contributed by atoms with Gasteiger partial charge in [-0.15, -0.1) is 0 Å². The summed E-state index contributed by atoms with van der Waals surface area (Å²) in [5.74, 6) is -3.23. The molecule has 2 N–H and O–H groups in total. The van der Waals surface area contributed by atoms with Crippen molar-refractivity contribution in [3.05, 3.63) is 70.5 Å². The first-order valence-electron chi connectivity index (χ1n) is 9.60. The van der Waals surface area contributed by atoms with Gasteiger partial charge in [-0.05, 0) is 55.3 Å². The second kappa shape index (κ2) is 7.42. The summed E-state index contributed by atoms with van der Waals surface area (Å²) in [4.78, 5) is 62.9. The maximum atomic E-state index is 13.0. The SMILES string of the molecule is CC1(N2C(=O)c3ccc(CNC(=O)c4ccc(F)cc4)cc3C2=O)CCC(=O)NC1=O. The van der Waals surface area contributed by atoms with E-state index in [4.69, 9.17) is 0 Å². The Balaban J connectivity index is 1.53. The van der Waals surface area contributed by atoms with Crippen LogP contribution in [0, 0.1) is 5.82 Å². The number of hydrogen-bond acceptors (Lipinski definition) is 5. The lowest BCUT2D eigenvalue weighted by atomic mass is 9.89. The number of carbonyl (C=O) groups excluding carboxylic acids is 5. The highest BCUT2D eigenvalue weighted by Crippen LogP contribution is 2.34. The number of nitrogens with zero attached hydrogens (tertiary/aromatic N) is 1. The van der Waals surface area contributed by atoms with E-state index in [1.807, 2.05) is 0 Å². The summed E-state index contributed by atoms with van der Waals surface area (Å²) in [7, 11) is 0. The third-order valence-electron chi connectivity index (χ3n) is 5.58. The predicted molar refractivity (Wildman–Crippen MR) is 105 cm³/mol. The largest absolute Gasteiger partial charge is 0.348 e. The molecule has 1 unspecified atom stereocenters. The Morgan fingerprint density at radius 1 is 1.06 bits per heavy atom. The molecule has 1 fully saturated rings. The smallest absolute Gasteiger partial charge is 0.262 e. The summed E-state index contributed by atoms with van der Waals surface area (Å²) in [5, 5.41) is 4.86. The summed E-state index contributed by atoms with van der Waals surface area (Å²) >= 11 is 0. The minimum atomic E-state index is -1.46. The molecule has 1 atom stereocenters. The Bertz CT molecular complexity index is 1140. The van der Waals surface area contributed by atoms with Gasteiger partial charge in [0.25, 0.3) is 23.6 Å². The first kappa shape index (κ1) is 20.4. The van der Waals surface area contributed by atoms with E-state index >= 15 is 0 Å². The summed E-state index contributed by atoms with van der Waals surface area (Å²) < 4.78 is 13.0. The molecule has 2 aliphatic rings. The minimum Gasteiger partial charge on any atom is -0.348 e. The average Bonchev–Trinajstić information content (AvgIpc) is 3.00. The van der Waals surface area contributed by atoms with Gasteiger partial charge in [0.05, 0.1) is 11.1 Å². The van der Waals surface area contributed by atoms with Crippen LogP contribution in [0.25, 0.3) is 0 Å². The zero-order valence-electron chi connectivity index (χ0n) is 16.5. The lowest BCUT2D eigenvalue weighted by molar-refractivity contribution is -0.140. The van der Waals surface area contributed by atoms with Crippen LogP contribution in [-0.4, -0.2) is 40.0 Å². The number of amides is 5.